The maximum absolute atomic E-state index is 9.25. The summed E-state index contributed by atoms with van der Waals surface area (Å²) in [4.78, 5) is 0. The van der Waals surface area contributed by atoms with E-state index in [2.05, 4.69) is 5.32 Å². The Balaban J connectivity index is 2.09. The van der Waals surface area contributed by atoms with Gasteiger partial charge in [0.2, 0.25) is 0 Å². The number of ether oxygens (including phenoxy) is 1. The van der Waals surface area contributed by atoms with E-state index in [1.54, 1.807) is 0 Å². The van der Waals surface area contributed by atoms with E-state index < -0.39 is 12.4 Å². The lowest BCUT2D eigenvalue weighted by Gasteiger charge is -2.09. The zero-order valence-electron chi connectivity index (χ0n) is 5.53. The largest absolute Gasteiger partial charge is 0.387 e. The molecule has 2 aliphatic heterocycles. The van der Waals surface area contributed by atoms with E-state index in [9.17, 15) is 5.11 Å². The van der Waals surface area contributed by atoms with E-state index in [-0.39, 0.29) is 12.0 Å². The molecule has 2 fully saturated rings. The maximum atomic E-state index is 9.25. The van der Waals surface area contributed by atoms with Gasteiger partial charge in [0.05, 0.1) is 6.10 Å². The number of hydrogen-bond acceptors (Lipinski definition) is 4. The standard InChI is InChI=1S/C6H11NO3/c8-5-3-1-7-2-4(3)10-6(5)9/h3-9H,1-2H2/t3-,4+,5+,6?/m0/s1. The molecule has 58 valence electrons. The zero-order valence-corrected chi connectivity index (χ0v) is 5.53. The summed E-state index contributed by atoms with van der Waals surface area (Å²) >= 11 is 0. The monoisotopic (exact) mass is 145 g/mol. The van der Waals surface area contributed by atoms with Crippen LogP contribution in [-0.2, 0) is 4.74 Å². The van der Waals surface area contributed by atoms with Crippen molar-refractivity contribution in [1.82, 2.24) is 5.32 Å². The SMILES string of the molecule is OC1O[C@@H]2CNC[C@@H]2[C@H]1O. The van der Waals surface area contributed by atoms with Crippen molar-refractivity contribution in [2.24, 2.45) is 5.92 Å². The minimum Gasteiger partial charge on any atom is -0.387 e. The molecule has 2 saturated heterocycles. The second kappa shape index (κ2) is 2.17. The van der Waals surface area contributed by atoms with E-state index in [0.29, 0.717) is 0 Å². The predicted octanol–water partition coefficient (Wildman–Crippen LogP) is -1.72. The molecule has 0 spiro atoms. The van der Waals surface area contributed by atoms with Crippen LogP contribution in [0.1, 0.15) is 0 Å². The number of rotatable bonds is 0. The summed E-state index contributed by atoms with van der Waals surface area (Å²) in [5, 5.41) is 21.3. The number of nitrogens with one attached hydrogen (secondary N) is 1. The van der Waals surface area contributed by atoms with Crippen molar-refractivity contribution >= 4 is 0 Å². The Bertz CT molecular complexity index is 139. The fourth-order valence-corrected chi connectivity index (χ4v) is 1.64. The number of hydrogen-bond donors (Lipinski definition) is 3. The molecule has 1 unspecified atom stereocenters. The fraction of sp³-hybridized carbons (Fsp3) is 1.00. The highest BCUT2D eigenvalue weighted by molar-refractivity contribution is 4.93. The predicted molar refractivity (Wildman–Crippen MR) is 33.2 cm³/mol. The van der Waals surface area contributed by atoms with Crippen LogP contribution in [0.2, 0.25) is 0 Å². The van der Waals surface area contributed by atoms with Gasteiger partial charge in [-0.1, -0.05) is 0 Å². The van der Waals surface area contributed by atoms with E-state index >= 15 is 0 Å². The van der Waals surface area contributed by atoms with Crippen LogP contribution in [0, 0.1) is 5.92 Å². The van der Waals surface area contributed by atoms with Crippen molar-refractivity contribution in [2.45, 2.75) is 18.5 Å². The van der Waals surface area contributed by atoms with Gasteiger partial charge in [0.15, 0.2) is 6.29 Å². The lowest BCUT2D eigenvalue weighted by Crippen LogP contribution is -2.29. The van der Waals surface area contributed by atoms with Crippen molar-refractivity contribution in [3.05, 3.63) is 0 Å². The summed E-state index contributed by atoms with van der Waals surface area (Å²) < 4.78 is 5.04. The second-order valence-corrected chi connectivity index (χ2v) is 2.88. The maximum Gasteiger partial charge on any atom is 0.181 e. The Labute approximate surface area is 58.8 Å². The highest BCUT2D eigenvalue weighted by atomic mass is 16.6. The third-order valence-corrected chi connectivity index (χ3v) is 2.25. The third kappa shape index (κ3) is 0.769. The molecule has 2 aliphatic rings. The minimum absolute atomic E-state index is 0.0185. The summed E-state index contributed by atoms with van der Waals surface area (Å²) in [6, 6.07) is 0. The lowest BCUT2D eigenvalue weighted by atomic mass is 10.0. The fourth-order valence-electron chi connectivity index (χ4n) is 1.64. The molecule has 3 N–H and O–H groups in total. The van der Waals surface area contributed by atoms with Gasteiger partial charge in [0.25, 0.3) is 0 Å². The van der Waals surface area contributed by atoms with Crippen molar-refractivity contribution < 1.29 is 14.9 Å². The first-order valence-corrected chi connectivity index (χ1v) is 3.51. The molecule has 2 heterocycles. The van der Waals surface area contributed by atoms with Gasteiger partial charge in [-0.15, -0.1) is 0 Å². The van der Waals surface area contributed by atoms with Crippen LogP contribution in [0.4, 0.5) is 0 Å². The average Bonchev–Trinajstić information content (AvgIpc) is 2.41. The lowest BCUT2D eigenvalue weighted by molar-refractivity contribution is -0.126. The van der Waals surface area contributed by atoms with Crippen molar-refractivity contribution in [3.63, 3.8) is 0 Å². The molecule has 0 aromatic carbocycles. The molecule has 0 aromatic heterocycles. The minimum atomic E-state index is -0.961. The van der Waals surface area contributed by atoms with Crippen molar-refractivity contribution in [3.8, 4) is 0 Å². The molecule has 2 rings (SSSR count). The molecular weight excluding hydrogens is 134 g/mol. The normalized spacial score (nSPS) is 53.4. The molecule has 4 heteroatoms. The number of aliphatic hydroxyl groups excluding tert-OH is 2. The third-order valence-electron chi connectivity index (χ3n) is 2.25. The van der Waals surface area contributed by atoms with Crippen molar-refractivity contribution in [2.75, 3.05) is 13.1 Å². The molecule has 0 amide bonds. The summed E-state index contributed by atoms with van der Waals surface area (Å²) in [7, 11) is 0. The highest BCUT2D eigenvalue weighted by Gasteiger charge is 2.45. The Hall–Kier alpha value is -0.160. The van der Waals surface area contributed by atoms with Gasteiger partial charge < -0.3 is 20.3 Å². The molecule has 0 aliphatic carbocycles. The van der Waals surface area contributed by atoms with E-state index in [4.69, 9.17) is 9.84 Å². The smallest absolute Gasteiger partial charge is 0.181 e. The molecule has 0 radical (unpaired) electrons. The highest BCUT2D eigenvalue weighted by Crippen LogP contribution is 2.27. The van der Waals surface area contributed by atoms with Gasteiger partial charge in [-0.3, -0.25) is 0 Å². The average molecular weight is 145 g/mol. The van der Waals surface area contributed by atoms with Gasteiger partial charge >= 0.3 is 0 Å². The van der Waals surface area contributed by atoms with Gasteiger partial charge in [-0.25, -0.2) is 0 Å². The first kappa shape index (κ1) is 6.54. The Kier molecular flexibility index (Phi) is 1.42. The molecule has 0 saturated carbocycles. The molecule has 0 bridgehead atoms. The van der Waals surface area contributed by atoms with Gasteiger partial charge in [-0.05, 0) is 0 Å². The zero-order chi connectivity index (χ0) is 7.14. The van der Waals surface area contributed by atoms with Crippen LogP contribution in [0.15, 0.2) is 0 Å². The van der Waals surface area contributed by atoms with Crippen LogP contribution in [-0.4, -0.2) is 41.8 Å². The second-order valence-electron chi connectivity index (χ2n) is 2.88. The molecule has 4 atom stereocenters. The van der Waals surface area contributed by atoms with E-state index in [0.717, 1.165) is 13.1 Å². The summed E-state index contributed by atoms with van der Waals surface area (Å²) in [5.41, 5.74) is 0. The Morgan fingerprint density at radius 3 is 2.80 bits per heavy atom. The summed E-state index contributed by atoms with van der Waals surface area (Å²) in [5.74, 6) is 0.0926. The number of aliphatic hydroxyl groups is 2. The Morgan fingerprint density at radius 1 is 1.30 bits per heavy atom. The van der Waals surface area contributed by atoms with Crippen LogP contribution in [0.25, 0.3) is 0 Å². The molecular formula is C6H11NO3. The van der Waals surface area contributed by atoms with Crippen LogP contribution < -0.4 is 5.32 Å². The number of fused-ring (bicyclic) bond motifs is 1. The van der Waals surface area contributed by atoms with Gasteiger partial charge in [-0.2, -0.15) is 0 Å². The summed E-state index contributed by atoms with van der Waals surface area (Å²) in [6.07, 6.45) is -1.64. The molecule has 4 nitrogen and oxygen atoms in total. The van der Waals surface area contributed by atoms with Crippen LogP contribution in [0.5, 0.6) is 0 Å². The van der Waals surface area contributed by atoms with E-state index in [1.807, 2.05) is 0 Å². The van der Waals surface area contributed by atoms with E-state index in [1.165, 1.54) is 0 Å². The van der Waals surface area contributed by atoms with Crippen LogP contribution >= 0.6 is 0 Å². The quantitative estimate of drug-likeness (QED) is 0.379. The summed E-state index contributed by atoms with van der Waals surface area (Å²) in [6.45, 7) is 1.50. The molecule has 10 heavy (non-hydrogen) atoms. The van der Waals surface area contributed by atoms with Gasteiger partial charge in [0, 0.05) is 19.0 Å². The first-order valence-electron chi connectivity index (χ1n) is 3.51. The Morgan fingerprint density at radius 2 is 2.10 bits per heavy atom. The topological polar surface area (TPSA) is 61.7 Å². The molecule has 0 aromatic rings. The van der Waals surface area contributed by atoms with Crippen LogP contribution in [0.3, 0.4) is 0 Å². The van der Waals surface area contributed by atoms with Crippen molar-refractivity contribution in [1.29, 1.82) is 0 Å². The first-order chi connectivity index (χ1) is 4.79. The van der Waals surface area contributed by atoms with Gasteiger partial charge in [0.1, 0.15) is 6.10 Å².